The summed E-state index contributed by atoms with van der Waals surface area (Å²) in [5.41, 5.74) is 2.42. The summed E-state index contributed by atoms with van der Waals surface area (Å²) in [6, 6.07) is 6.27. The lowest BCUT2D eigenvalue weighted by Gasteiger charge is -2.10. The van der Waals surface area contributed by atoms with Gasteiger partial charge >= 0.3 is 0 Å². The Morgan fingerprint density at radius 2 is 2.00 bits per heavy atom. The molecule has 0 heterocycles. The molecule has 0 aliphatic heterocycles. The highest BCUT2D eigenvalue weighted by atomic mass is 16.5. The van der Waals surface area contributed by atoms with Gasteiger partial charge in [-0.3, -0.25) is 0 Å². The molecule has 0 saturated carbocycles. The summed E-state index contributed by atoms with van der Waals surface area (Å²) in [4.78, 5) is 0. The van der Waals surface area contributed by atoms with E-state index in [0.29, 0.717) is 6.54 Å². The fraction of sp³-hybridized carbons (Fsp3) is 0.571. The molecule has 1 aromatic rings. The lowest BCUT2D eigenvalue weighted by Crippen LogP contribution is -2.19. The second-order valence-electron chi connectivity index (χ2n) is 4.30. The second kappa shape index (κ2) is 8.09. The zero-order valence-electron chi connectivity index (χ0n) is 10.8. The molecule has 96 valence electrons. The standard InChI is InChI=1S/C14H23NO2/c1-12-5-6-13(2)14(11-12)17-10-4-3-7-15-8-9-16/h5-6,11,15-16H,3-4,7-10H2,1-2H3. The lowest BCUT2D eigenvalue weighted by atomic mass is 10.1. The molecule has 17 heavy (non-hydrogen) atoms. The van der Waals surface area contributed by atoms with Crippen LogP contribution >= 0.6 is 0 Å². The van der Waals surface area contributed by atoms with Crippen molar-refractivity contribution in [3.8, 4) is 5.75 Å². The number of hydrogen-bond donors (Lipinski definition) is 2. The SMILES string of the molecule is Cc1ccc(C)c(OCCCCNCCO)c1. The first-order valence-corrected chi connectivity index (χ1v) is 6.25. The molecule has 0 aliphatic rings. The van der Waals surface area contributed by atoms with Crippen LogP contribution in [-0.4, -0.2) is 31.4 Å². The van der Waals surface area contributed by atoms with Gasteiger partial charge in [0.25, 0.3) is 0 Å². The first-order valence-electron chi connectivity index (χ1n) is 6.25. The molecular weight excluding hydrogens is 214 g/mol. The van der Waals surface area contributed by atoms with Gasteiger partial charge < -0.3 is 15.2 Å². The summed E-state index contributed by atoms with van der Waals surface area (Å²) < 4.78 is 5.75. The van der Waals surface area contributed by atoms with E-state index in [1.807, 2.05) is 0 Å². The van der Waals surface area contributed by atoms with Gasteiger partial charge in [-0.25, -0.2) is 0 Å². The average molecular weight is 237 g/mol. The molecule has 0 aromatic heterocycles. The number of aliphatic hydroxyl groups excluding tert-OH is 1. The van der Waals surface area contributed by atoms with Gasteiger partial charge in [-0.1, -0.05) is 12.1 Å². The van der Waals surface area contributed by atoms with Gasteiger partial charge in [-0.2, -0.15) is 0 Å². The van der Waals surface area contributed by atoms with Crippen LogP contribution in [0.15, 0.2) is 18.2 Å². The number of aliphatic hydroxyl groups is 1. The molecule has 1 rings (SSSR count). The summed E-state index contributed by atoms with van der Waals surface area (Å²) in [6.45, 7) is 6.72. The van der Waals surface area contributed by atoms with E-state index in [2.05, 4.69) is 37.4 Å². The highest BCUT2D eigenvalue weighted by Crippen LogP contribution is 2.19. The third-order valence-electron chi connectivity index (χ3n) is 2.64. The van der Waals surface area contributed by atoms with Crippen LogP contribution in [0, 0.1) is 13.8 Å². The third-order valence-corrected chi connectivity index (χ3v) is 2.64. The topological polar surface area (TPSA) is 41.5 Å². The number of unbranched alkanes of at least 4 members (excludes halogenated alkanes) is 1. The molecule has 0 saturated heterocycles. The second-order valence-corrected chi connectivity index (χ2v) is 4.30. The Labute approximate surface area is 104 Å². The van der Waals surface area contributed by atoms with Crippen molar-refractivity contribution in [3.63, 3.8) is 0 Å². The van der Waals surface area contributed by atoms with Crippen molar-refractivity contribution >= 4 is 0 Å². The molecule has 2 N–H and O–H groups in total. The Hall–Kier alpha value is -1.06. The van der Waals surface area contributed by atoms with Gasteiger partial charge in [0.15, 0.2) is 0 Å². The predicted molar refractivity (Wildman–Crippen MR) is 70.6 cm³/mol. The van der Waals surface area contributed by atoms with Gasteiger partial charge in [0.05, 0.1) is 13.2 Å². The molecule has 0 fully saturated rings. The number of aryl methyl sites for hydroxylation is 2. The first kappa shape index (κ1) is 14.0. The van der Waals surface area contributed by atoms with Crippen molar-refractivity contribution in [2.24, 2.45) is 0 Å². The zero-order valence-corrected chi connectivity index (χ0v) is 10.8. The molecule has 0 unspecified atom stereocenters. The van der Waals surface area contributed by atoms with Gasteiger partial charge in [0.1, 0.15) is 5.75 Å². The van der Waals surface area contributed by atoms with E-state index in [1.54, 1.807) is 0 Å². The minimum Gasteiger partial charge on any atom is -0.493 e. The predicted octanol–water partition coefficient (Wildman–Crippen LogP) is 2.04. The van der Waals surface area contributed by atoms with Crippen molar-refractivity contribution in [2.75, 3.05) is 26.3 Å². The Morgan fingerprint density at radius 1 is 1.18 bits per heavy atom. The van der Waals surface area contributed by atoms with E-state index in [1.165, 1.54) is 11.1 Å². The van der Waals surface area contributed by atoms with Crippen LogP contribution in [0.2, 0.25) is 0 Å². The Bertz CT molecular complexity index is 326. The molecule has 3 heteroatoms. The number of hydrogen-bond acceptors (Lipinski definition) is 3. The summed E-state index contributed by atoms with van der Waals surface area (Å²) in [5, 5.41) is 11.7. The summed E-state index contributed by atoms with van der Waals surface area (Å²) in [7, 11) is 0. The Kier molecular flexibility index (Phi) is 6.67. The van der Waals surface area contributed by atoms with E-state index in [0.717, 1.165) is 31.7 Å². The highest BCUT2D eigenvalue weighted by molar-refractivity contribution is 5.35. The molecule has 0 radical (unpaired) electrons. The maximum Gasteiger partial charge on any atom is 0.122 e. The molecule has 1 aromatic carbocycles. The van der Waals surface area contributed by atoms with Gasteiger partial charge in [0, 0.05) is 6.54 Å². The molecule has 0 spiro atoms. The van der Waals surface area contributed by atoms with E-state index >= 15 is 0 Å². The molecule has 0 amide bonds. The lowest BCUT2D eigenvalue weighted by molar-refractivity contribution is 0.286. The van der Waals surface area contributed by atoms with Crippen molar-refractivity contribution in [2.45, 2.75) is 26.7 Å². The van der Waals surface area contributed by atoms with Gasteiger partial charge in [-0.05, 0) is 50.4 Å². The minimum absolute atomic E-state index is 0.207. The quantitative estimate of drug-likeness (QED) is 0.680. The monoisotopic (exact) mass is 237 g/mol. The van der Waals surface area contributed by atoms with Crippen molar-refractivity contribution in [1.29, 1.82) is 0 Å². The Balaban J connectivity index is 2.15. The summed E-state index contributed by atoms with van der Waals surface area (Å²) in [6.07, 6.45) is 2.11. The summed E-state index contributed by atoms with van der Waals surface area (Å²) >= 11 is 0. The molecule has 0 aliphatic carbocycles. The van der Waals surface area contributed by atoms with E-state index < -0.39 is 0 Å². The Morgan fingerprint density at radius 3 is 2.76 bits per heavy atom. The number of benzene rings is 1. The molecule has 3 nitrogen and oxygen atoms in total. The highest BCUT2D eigenvalue weighted by Gasteiger charge is 1.99. The molecular formula is C14H23NO2. The summed E-state index contributed by atoms with van der Waals surface area (Å²) in [5.74, 6) is 0.994. The van der Waals surface area contributed by atoms with Crippen molar-refractivity contribution in [3.05, 3.63) is 29.3 Å². The van der Waals surface area contributed by atoms with E-state index in [4.69, 9.17) is 9.84 Å². The third kappa shape index (κ3) is 5.71. The number of nitrogens with one attached hydrogen (secondary N) is 1. The van der Waals surface area contributed by atoms with Crippen LogP contribution in [0.5, 0.6) is 5.75 Å². The normalized spacial score (nSPS) is 10.5. The fourth-order valence-corrected chi connectivity index (χ4v) is 1.60. The van der Waals surface area contributed by atoms with E-state index in [9.17, 15) is 0 Å². The van der Waals surface area contributed by atoms with E-state index in [-0.39, 0.29) is 6.61 Å². The number of rotatable bonds is 8. The minimum atomic E-state index is 0.207. The first-order chi connectivity index (χ1) is 8.24. The van der Waals surface area contributed by atoms with Gasteiger partial charge in [0.2, 0.25) is 0 Å². The van der Waals surface area contributed by atoms with Crippen molar-refractivity contribution < 1.29 is 9.84 Å². The van der Waals surface area contributed by atoms with Crippen molar-refractivity contribution in [1.82, 2.24) is 5.32 Å². The van der Waals surface area contributed by atoms with Crippen LogP contribution < -0.4 is 10.1 Å². The van der Waals surface area contributed by atoms with Gasteiger partial charge in [-0.15, -0.1) is 0 Å². The maximum absolute atomic E-state index is 8.59. The van der Waals surface area contributed by atoms with Crippen LogP contribution in [0.25, 0.3) is 0 Å². The maximum atomic E-state index is 8.59. The molecule has 0 bridgehead atoms. The zero-order chi connectivity index (χ0) is 12.5. The van der Waals surface area contributed by atoms with Crippen LogP contribution in [0.4, 0.5) is 0 Å². The largest absolute Gasteiger partial charge is 0.493 e. The molecule has 0 atom stereocenters. The smallest absolute Gasteiger partial charge is 0.122 e. The number of ether oxygens (including phenoxy) is 1. The average Bonchev–Trinajstić information content (AvgIpc) is 2.32. The fourth-order valence-electron chi connectivity index (χ4n) is 1.60. The van der Waals surface area contributed by atoms with Crippen LogP contribution in [0.1, 0.15) is 24.0 Å². The van der Waals surface area contributed by atoms with Crippen LogP contribution in [0.3, 0.4) is 0 Å². The van der Waals surface area contributed by atoms with Crippen LogP contribution in [-0.2, 0) is 0 Å².